The topological polar surface area (TPSA) is 58.6 Å². The third kappa shape index (κ3) is 4.70. The third-order valence-corrected chi connectivity index (χ3v) is 4.65. The first-order chi connectivity index (χ1) is 10.2. The average molecular weight is 296 g/mol. The highest BCUT2D eigenvalue weighted by Crippen LogP contribution is 2.28. The van der Waals surface area contributed by atoms with E-state index in [1.54, 1.807) is 7.11 Å². The Morgan fingerprint density at radius 1 is 1.19 bits per heavy atom. The number of carbonyl (C=O) groups excluding carboxylic acids is 2. The summed E-state index contributed by atoms with van der Waals surface area (Å²) in [6.07, 6.45) is 8.06. The highest BCUT2D eigenvalue weighted by molar-refractivity contribution is 5.90. The molecule has 1 saturated heterocycles. The summed E-state index contributed by atoms with van der Waals surface area (Å²) < 4.78 is 5.05. The number of hydrogen-bond acceptors (Lipinski definition) is 3. The summed E-state index contributed by atoms with van der Waals surface area (Å²) in [6.45, 7) is 2.02. The Kier molecular flexibility index (Phi) is 6.49. The van der Waals surface area contributed by atoms with Crippen molar-refractivity contribution in [3.05, 3.63) is 0 Å². The van der Waals surface area contributed by atoms with Crippen LogP contribution >= 0.6 is 0 Å². The number of nitrogens with zero attached hydrogens (tertiary/aromatic N) is 1. The second-order valence-electron chi connectivity index (χ2n) is 6.22. The van der Waals surface area contributed by atoms with Gasteiger partial charge in [-0.2, -0.15) is 0 Å². The highest BCUT2D eigenvalue weighted by Gasteiger charge is 2.35. The zero-order valence-corrected chi connectivity index (χ0v) is 13.1. The summed E-state index contributed by atoms with van der Waals surface area (Å²) in [5.74, 6) is 0.484. The molecule has 1 aliphatic heterocycles. The lowest BCUT2D eigenvalue weighted by Crippen LogP contribution is -2.49. The number of carbonyl (C=O) groups is 2. The minimum atomic E-state index is -0.289. The fourth-order valence-electron chi connectivity index (χ4n) is 3.41. The van der Waals surface area contributed by atoms with Crippen LogP contribution < -0.4 is 5.32 Å². The van der Waals surface area contributed by atoms with Crippen LogP contribution in [-0.2, 0) is 14.3 Å². The van der Waals surface area contributed by atoms with Gasteiger partial charge in [-0.15, -0.1) is 0 Å². The highest BCUT2D eigenvalue weighted by atomic mass is 16.5. The molecule has 120 valence electrons. The van der Waals surface area contributed by atoms with Gasteiger partial charge in [-0.1, -0.05) is 19.3 Å². The van der Waals surface area contributed by atoms with E-state index in [0.717, 1.165) is 38.8 Å². The second kappa shape index (κ2) is 8.37. The van der Waals surface area contributed by atoms with E-state index < -0.39 is 0 Å². The normalized spacial score (nSPS) is 24.8. The SMILES string of the molecule is COCCCCN1CCC(=O)NC(C2CCCCC2)C1=O. The summed E-state index contributed by atoms with van der Waals surface area (Å²) in [7, 11) is 1.69. The van der Waals surface area contributed by atoms with Crippen LogP contribution in [0.1, 0.15) is 51.4 Å². The number of ether oxygens (including phenoxy) is 1. The van der Waals surface area contributed by atoms with E-state index in [9.17, 15) is 9.59 Å². The van der Waals surface area contributed by atoms with Crippen LogP contribution in [0, 0.1) is 5.92 Å². The molecule has 1 aliphatic carbocycles. The lowest BCUT2D eigenvalue weighted by molar-refractivity contribution is -0.135. The van der Waals surface area contributed by atoms with Gasteiger partial charge in [-0.05, 0) is 31.6 Å². The maximum atomic E-state index is 12.7. The molecule has 0 aromatic carbocycles. The summed E-state index contributed by atoms with van der Waals surface area (Å²) in [6, 6.07) is -0.289. The Bertz CT molecular complexity index is 353. The van der Waals surface area contributed by atoms with Crippen molar-refractivity contribution < 1.29 is 14.3 Å². The van der Waals surface area contributed by atoms with Crippen LogP contribution in [0.4, 0.5) is 0 Å². The molecule has 5 heteroatoms. The van der Waals surface area contributed by atoms with Crippen LogP contribution in [0.15, 0.2) is 0 Å². The van der Waals surface area contributed by atoms with Gasteiger partial charge in [0, 0.05) is 33.2 Å². The maximum absolute atomic E-state index is 12.7. The van der Waals surface area contributed by atoms with Gasteiger partial charge in [-0.3, -0.25) is 9.59 Å². The molecule has 1 atom stereocenters. The Hall–Kier alpha value is -1.10. The fourth-order valence-corrected chi connectivity index (χ4v) is 3.41. The molecule has 0 aromatic rings. The molecule has 0 aromatic heterocycles. The van der Waals surface area contributed by atoms with E-state index in [2.05, 4.69) is 5.32 Å². The molecule has 21 heavy (non-hydrogen) atoms. The van der Waals surface area contributed by atoms with Gasteiger partial charge < -0.3 is 15.0 Å². The molecule has 2 rings (SSSR count). The minimum absolute atomic E-state index is 0.0262. The third-order valence-electron chi connectivity index (χ3n) is 4.65. The standard InChI is InChI=1S/C16H28N2O3/c1-21-12-6-5-10-18-11-9-14(19)17-15(16(18)20)13-7-3-2-4-8-13/h13,15H,2-12H2,1H3,(H,17,19). The van der Waals surface area contributed by atoms with E-state index in [-0.39, 0.29) is 17.9 Å². The van der Waals surface area contributed by atoms with Crippen LogP contribution in [0.3, 0.4) is 0 Å². The van der Waals surface area contributed by atoms with Crippen LogP contribution in [0.5, 0.6) is 0 Å². The summed E-state index contributed by atoms with van der Waals surface area (Å²) in [5.41, 5.74) is 0. The zero-order chi connectivity index (χ0) is 15.1. The van der Waals surface area contributed by atoms with Gasteiger partial charge in [0.05, 0.1) is 0 Å². The number of hydrogen-bond donors (Lipinski definition) is 1. The molecule has 0 bridgehead atoms. The fraction of sp³-hybridized carbons (Fsp3) is 0.875. The van der Waals surface area contributed by atoms with Crippen molar-refractivity contribution in [2.24, 2.45) is 5.92 Å². The Morgan fingerprint density at radius 2 is 1.95 bits per heavy atom. The Labute approximate surface area is 127 Å². The lowest BCUT2D eigenvalue weighted by atomic mass is 9.83. The largest absolute Gasteiger partial charge is 0.385 e. The van der Waals surface area contributed by atoms with E-state index in [4.69, 9.17) is 4.74 Å². The minimum Gasteiger partial charge on any atom is -0.385 e. The first kappa shape index (κ1) is 16.3. The predicted octanol–water partition coefficient (Wildman–Crippen LogP) is 1.71. The summed E-state index contributed by atoms with van der Waals surface area (Å²) >= 11 is 0. The average Bonchev–Trinajstić information content (AvgIpc) is 2.65. The predicted molar refractivity (Wildman–Crippen MR) is 80.8 cm³/mol. The molecule has 0 spiro atoms. The number of nitrogens with one attached hydrogen (secondary N) is 1. The van der Waals surface area contributed by atoms with Crippen LogP contribution in [-0.4, -0.2) is 49.6 Å². The van der Waals surface area contributed by atoms with Gasteiger partial charge in [-0.25, -0.2) is 0 Å². The smallest absolute Gasteiger partial charge is 0.245 e. The molecule has 1 heterocycles. The van der Waals surface area contributed by atoms with Gasteiger partial charge >= 0.3 is 0 Å². The molecule has 2 aliphatic rings. The van der Waals surface area contributed by atoms with Crippen molar-refractivity contribution in [3.8, 4) is 0 Å². The number of rotatable bonds is 6. The first-order valence-corrected chi connectivity index (χ1v) is 8.29. The van der Waals surface area contributed by atoms with E-state index >= 15 is 0 Å². The molecule has 5 nitrogen and oxygen atoms in total. The number of unbranched alkanes of at least 4 members (excludes halogenated alkanes) is 1. The quantitative estimate of drug-likeness (QED) is 0.759. The van der Waals surface area contributed by atoms with Crippen molar-refractivity contribution in [1.29, 1.82) is 0 Å². The Balaban J connectivity index is 1.94. The van der Waals surface area contributed by atoms with Gasteiger partial charge in [0.25, 0.3) is 0 Å². The summed E-state index contributed by atoms with van der Waals surface area (Å²) in [5, 5.41) is 2.98. The maximum Gasteiger partial charge on any atom is 0.245 e. The van der Waals surface area contributed by atoms with E-state index in [1.807, 2.05) is 4.90 Å². The van der Waals surface area contributed by atoms with Crippen LogP contribution in [0.25, 0.3) is 0 Å². The van der Waals surface area contributed by atoms with E-state index in [0.29, 0.717) is 18.9 Å². The zero-order valence-electron chi connectivity index (χ0n) is 13.1. The van der Waals surface area contributed by atoms with Crippen molar-refractivity contribution in [3.63, 3.8) is 0 Å². The van der Waals surface area contributed by atoms with Crippen LogP contribution in [0.2, 0.25) is 0 Å². The number of methoxy groups -OCH3 is 1. The monoisotopic (exact) mass is 296 g/mol. The van der Waals surface area contributed by atoms with Crippen molar-refractivity contribution in [2.45, 2.75) is 57.4 Å². The molecular formula is C16H28N2O3. The number of amides is 2. The Morgan fingerprint density at radius 3 is 2.67 bits per heavy atom. The second-order valence-corrected chi connectivity index (χ2v) is 6.22. The van der Waals surface area contributed by atoms with Crippen molar-refractivity contribution in [2.75, 3.05) is 26.8 Å². The molecule has 1 N–H and O–H groups in total. The van der Waals surface area contributed by atoms with E-state index in [1.165, 1.54) is 19.3 Å². The van der Waals surface area contributed by atoms with Crippen molar-refractivity contribution >= 4 is 11.8 Å². The molecule has 2 fully saturated rings. The lowest BCUT2D eigenvalue weighted by Gasteiger charge is -2.31. The molecule has 0 radical (unpaired) electrons. The van der Waals surface area contributed by atoms with Gasteiger partial charge in [0.15, 0.2) is 0 Å². The van der Waals surface area contributed by atoms with Gasteiger partial charge in [0.1, 0.15) is 6.04 Å². The van der Waals surface area contributed by atoms with Crippen molar-refractivity contribution in [1.82, 2.24) is 10.2 Å². The molecular weight excluding hydrogens is 268 g/mol. The molecule has 2 amide bonds. The van der Waals surface area contributed by atoms with Gasteiger partial charge in [0.2, 0.25) is 11.8 Å². The first-order valence-electron chi connectivity index (χ1n) is 8.29. The molecule has 1 unspecified atom stereocenters. The molecule has 1 saturated carbocycles. The summed E-state index contributed by atoms with van der Waals surface area (Å²) in [4.78, 5) is 26.5.